The highest BCUT2D eigenvalue weighted by Crippen LogP contribution is 2.36. The topological polar surface area (TPSA) is 42.4 Å². The molecule has 3 rings (SSSR count). The van der Waals surface area contributed by atoms with Crippen molar-refractivity contribution < 1.29 is 9.53 Å². The van der Waals surface area contributed by atoms with Crippen molar-refractivity contribution >= 4 is 38.3 Å². The summed E-state index contributed by atoms with van der Waals surface area (Å²) < 4.78 is 6.59. The lowest BCUT2D eigenvalue weighted by atomic mass is 9.91. The third kappa shape index (κ3) is 4.22. The molecule has 4 nitrogen and oxygen atoms in total. The summed E-state index contributed by atoms with van der Waals surface area (Å²) in [4.78, 5) is 19.5. The quantitative estimate of drug-likeness (QED) is 0.572. The highest BCUT2D eigenvalue weighted by Gasteiger charge is 2.26. The SMILES string of the molecule is CCOc1ccc(N(C(=O)CC(C)(C)C)c2nc3ccccc3s2)cc1. The van der Waals surface area contributed by atoms with Crippen LogP contribution < -0.4 is 9.64 Å². The third-order valence-corrected chi connectivity index (χ3v) is 4.83. The largest absolute Gasteiger partial charge is 0.494 e. The molecule has 0 unspecified atom stereocenters. The Bertz CT molecular complexity index is 861. The molecule has 0 N–H and O–H groups in total. The molecule has 0 bridgehead atoms. The molecule has 26 heavy (non-hydrogen) atoms. The molecular formula is C21H24N2O2S. The van der Waals surface area contributed by atoms with E-state index in [0.717, 1.165) is 21.7 Å². The van der Waals surface area contributed by atoms with Gasteiger partial charge >= 0.3 is 0 Å². The minimum Gasteiger partial charge on any atom is -0.494 e. The molecule has 0 saturated carbocycles. The van der Waals surface area contributed by atoms with Gasteiger partial charge in [-0.25, -0.2) is 4.98 Å². The van der Waals surface area contributed by atoms with Gasteiger partial charge in [-0.15, -0.1) is 0 Å². The molecule has 1 aromatic heterocycles. The highest BCUT2D eigenvalue weighted by molar-refractivity contribution is 7.22. The van der Waals surface area contributed by atoms with Crippen molar-refractivity contribution in [3.05, 3.63) is 48.5 Å². The van der Waals surface area contributed by atoms with E-state index in [0.29, 0.717) is 18.2 Å². The summed E-state index contributed by atoms with van der Waals surface area (Å²) in [5.74, 6) is 0.837. The van der Waals surface area contributed by atoms with Crippen LogP contribution in [0.1, 0.15) is 34.1 Å². The number of fused-ring (bicyclic) bond motifs is 1. The minimum atomic E-state index is -0.0999. The number of amides is 1. The summed E-state index contributed by atoms with van der Waals surface area (Å²) in [6.07, 6.45) is 0.441. The molecule has 0 fully saturated rings. The fourth-order valence-corrected chi connectivity index (χ4v) is 3.71. The molecule has 0 aliphatic heterocycles. The number of aromatic nitrogens is 1. The van der Waals surface area contributed by atoms with Gasteiger partial charge in [0.1, 0.15) is 5.75 Å². The fourth-order valence-electron chi connectivity index (χ4n) is 2.71. The van der Waals surface area contributed by atoms with Gasteiger partial charge in [0, 0.05) is 6.42 Å². The van der Waals surface area contributed by atoms with E-state index in [1.807, 2.05) is 55.5 Å². The monoisotopic (exact) mass is 368 g/mol. The van der Waals surface area contributed by atoms with Gasteiger partial charge in [-0.3, -0.25) is 9.69 Å². The van der Waals surface area contributed by atoms with E-state index < -0.39 is 0 Å². The number of rotatable bonds is 5. The Hall–Kier alpha value is -2.40. The number of carbonyl (C=O) groups is 1. The summed E-state index contributed by atoms with van der Waals surface area (Å²) in [5, 5.41) is 0.699. The van der Waals surface area contributed by atoms with Gasteiger partial charge < -0.3 is 4.74 Å². The van der Waals surface area contributed by atoms with E-state index in [2.05, 4.69) is 20.8 Å². The second-order valence-corrected chi connectivity index (χ2v) is 8.37. The van der Waals surface area contributed by atoms with Crippen LogP contribution in [0, 0.1) is 5.41 Å². The second kappa shape index (κ2) is 7.46. The number of carbonyl (C=O) groups excluding carboxylic acids is 1. The van der Waals surface area contributed by atoms with Crippen LogP contribution >= 0.6 is 11.3 Å². The zero-order valence-corrected chi connectivity index (χ0v) is 16.5. The lowest BCUT2D eigenvalue weighted by Crippen LogP contribution is -2.29. The highest BCUT2D eigenvalue weighted by atomic mass is 32.1. The van der Waals surface area contributed by atoms with Crippen LogP contribution in [0.5, 0.6) is 5.75 Å². The van der Waals surface area contributed by atoms with Crippen molar-refractivity contribution in [2.45, 2.75) is 34.1 Å². The maximum absolute atomic E-state index is 13.1. The number of thiazole rings is 1. The Kier molecular flexibility index (Phi) is 5.28. The van der Waals surface area contributed by atoms with E-state index in [1.54, 1.807) is 4.90 Å². The number of hydrogen-bond donors (Lipinski definition) is 0. The maximum Gasteiger partial charge on any atom is 0.233 e. The van der Waals surface area contributed by atoms with E-state index in [-0.39, 0.29) is 11.3 Å². The first-order chi connectivity index (χ1) is 12.4. The van der Waals surface area contributed by atoms with E-state index in [4.69, 9.17) is 9.72 Å². The molecule has 0 atom stereocenters. The average Bonchev–Trinajstić information content (AvgIpc) is 2.98. The molecule has 1 amide bonds. The van der Waals surface area contributed by atoms with Crippen LogP contribution in [0.3, 0.4) is 0 Å². The first-order valence-corrected chi connectivity index (χ1v) is 9.60. The van der Waals surface area contributed by atoms with Gasteiger partial charge in [0.05, 0.1) is 22.5 Å². The number of para-hydroxylation sites is 1. The van der Waals surface area contributed by atoms with Crippen LogP contribution in [0.2, 0.25) is 0 Å². The zero-order valence-electron chi connectivity index (χ0n) is 15.7. The summed E-state index contributed by atoms with van der Waals surface area (Å²) >= 11 is 1.53. The third-order valence-electron chi connectivity index (χ3n) is 3.81. The lowest BCUT2D eigenvalue weighted by Gasteiger charge is -2.25. The molecule has 0 aliphatic carbocycles. The van der Waals surface area contributed by atoms with Crippen LogP contribution in [0.25, 0.3) is 10.2 Å². The standard InChI is InChI=1S/C21H24N2O2S/c1-5-25-16-12-10-15(11-13-16)23(19(24)14-21(2,3)4)20-22-17-8-6-7-9-18(17)26-20/h6-13H,5,14H2,1-4H3. The number of anilines is 2. The van der Waals surface area contributed by atoms with Crippen molar-refractivity contribution in [2.24, 2.45) is 5.41 Å². The summed E-state index contributed by atoms with van der Waals surface area (Å²) in [5.41, 5.74) is 1.62. The first kappa shape index (κ1) is 18.4. The number of benzene rings is 2. The molecule has 0 spiro atoms. The Balaban J connectivity index is 2.02. The van der Waals surface area contributed by atoms with Crippen molar-refractivity contribution in [2.75, 3.05) is 11.5 Å². The van der Waals surface area contributed by atoms with E-state index in [9.17, 15) is 4.79 Å². The maximum atomic E-state index is 13.1. The molecule has 136 valence electrons. The number of hydrogen-bond acceptors (Lipinski definition) is 4. The van der Waals surface area contributed by atoms with Crippen LogP contribution in [0.15, 0.2) is 48.5 Å². The Morgan fingerprint density at radius 3 is 2.42 bits per heavy atom. The molecule has 3 aromatic rings. The Morgan fingerprint density at radius 1 is 1.12 bits per heavy atom. The van der Waals surface area contributed by atoms with Gasteiger partial charge in [0.25, 0.3) is 0 Å². The summed E-state index contributed by atoms with van der Waals surface area (Å²) in [7, 11) is 0. The van der Waals surface area contributed by atoms with Gasteiger partial charge in [0.2, 0.25) is 5.91 Å². The molecule has 5 heteroatoms. The predicted molar refractivity (Wildman–Crippen MR) is 108 cm³/mol. The normalized spacial score (nSPS) is 11.5. The van der Waals surface area contributed by atoms with Crippen LogP contribution in [-0.2, 0) is 4.79 Å². The molecule has 2 aromatic carbocycles. The van der Waals surface area contributed by atoms with Crippen LogP contribution in [-0.4, -0.2) is 17.5 Å². The lowest BCUT2D eigenvalue weighted by molar-refractivity contribution is -0.119. The summed E-state index contributed by atoms with van der Waals surface area (Å²) in [6, 6.07) is 15.6. The zero-order chi connectivity index (χ0) is 18.7. The van der Waals surface area contributed by atoms with Gasteiger partial charge in [-0.05, 0) is 48.7 Å². The Morgan fingerprint density at radius 2 is 1.81 bits per heavy atom. The first-order valence-electron chi connectivity index (χ1n) is 8.79. The summed E-state index contributed by atoms with van der Waals surface area (Å²) in [6.45, 7) is 8.77. The van der Waals surface area contributed by atoms with Crippen molar-refractivity contribution in [1.82, 2.24) is 4.98 Å². The predicted octanol–water partition coefficient (Wildman–Crippen LogP) is 5.80. The minimum absolute atomic E-state index is 0.0423. The smallest absolute Gasteiger partial charge is 0.233 e. The second-order valence-electron chi connectivity index (χ2n) is 7.36. The molecule has 0 radical (unpaired) electrons. The van der Waals surface area contributed by atoms with Gasteiger partial charge in [0.15, 0.2) is 5.13 Å². The van der Waals surface area contributed by atoms with Gasteiger partial charge in [-0.2, -0.15) is 0 Å². The molecular weight excluding hydrogens is 344 g/mol. The number of ether oxygens (including phenoxy) is 1. The van der Waals surface area contributed by atoms with Crippen molar-refractivity contribution in [1.29, 1.82) is 0 Å². The Labute approximate surface area is 158 Å². The van der Waals surface area contributed by atoms with Crippen molar-refractivity contribution in [3.63, 3.8) is 0 Å². The number of nitrogens with zero attached hydrogens (tertiary/aromatic N) is 2. The van der Waals surface area contributed by atoms with E-state index in [1.165, 1.54) is 11.3 Å². The molecule has 0 saturated heterocycles. The van der Waals surface area contributed by atoms with E-state index >= 15 is 0 Å². The van der Waals surface area contributed by atoms with Gasteiger partial charge in [-0.1, -0.05) is 44.2 Å². The molecule has 1 heterocycles. The average molecular weight is 369 g/mol. The molecule has 0 aliphatic rings. The fraction of sp³-hybridized carbons (Fsp3) is 0.333. The van der Waals surface area contributed by atoms with Crippen LogP contribution in [0.4, 0.5) is 10.8 Å². The van der Waals surface area contributed by atoms with Crippen molar-refractivity contribution in [3.8, 4) is 5.75 Å².